The average Bonchev–Trinajstić information content (AvgIpc) is 2.93. The summed E-state index contributed by atoms with van der Waals surface area (Å²) in [5.41, 5.74) is 1.55. The highest BCUT2D eigenvalue weighted by Gasteiger charge is 2.29. The predicted molar refractivity (Wildman–Crippen MR) is 96.9 cm³/mol. The van der Waals surface area contributed by atoms with Crippen LogP contribution in [0.25, 0.3) is 10.8 Å². The van der Waals surface area contributed by atoms with Crippen molar-refractivity contribution in [1.29, 1.82) is 0 Å². The van der Waals surface area contributed by atoms with Crippen molar-refractivity contribution in [1.82, 2.24) is 10.2 Å². The van der Waals surface area contributed by atoms with Crippen molar-refractivity contribution < 1.29 is 4.79 Å². The van der Waals surface area contributed by atoms with E-state index in [0.717, 1.165) is 35.2 Å². The number of rotatable bonds is 2. The van der Waals surface area contributed by atoms with Gasteiger partial charge in [0.25, 0.3) is 5.91 Å². The first kappa shape index (κ1) is 15.2. The van der Waals surface area contributed by atoms with Gasteiger partial charge in [-0.1, -0.05) is 18.1 Å². The van der Waals surface area contributed by atoms with Crippen LogP contribution in [0.5, 0.6) is 0 Å². The molecule has 0 aromatic heterocycles. The molecule has 3 saturated heterocycles. The molecule has 1 amide bonds. The van der Waals surface area contributed by atoms with E-state index in [-0.39, 0.29) is 11.9 Å². The molecule has 3 aliphatic rings. The fraction of sp³-hybridized carbons (Fsp3) is 0.381. The van der Waals surface area contributed by atoms with Gasteiger partial charge in [0.2, 0.25) is 0 Å². The molecule has 0 spiro atoms. The first-order valence-electron chi connectivity index (χ1n) is 8.75. The Labute approximate surface area is 143 Å². The smallest absolute Gasteiger partial charge is 0.251 e. The third-order valence-electron chi connectivity index (χ3n) is 5.41. The Morgan fingerprint density at radius 2 is 1.92 bits per heavy atom. The molecule has 3 fully saturated rings. The summed E-state index contributed by atoms with van der Waals surface area (Å²) in [6, 6.07) is 12.0. The van der Waals surface area contributed by atoms with Crippen molar-refractivity contribution in [3.63, 3.8) is 0 Å². The first-order chi connectivity index (χ1) is 11.7. The maximum absolute atomic E-state index is 12.7. The summed E-state index contributed by atoms with van der Waals surface area (Å²) in [5.74, 6) is 3.44. The van der Waals surface area contributed by atoms with Crippen LogP contribution in [-0.4, -0.2) is 36.5 Å². The van der Waals surface area contributed by atoms with Crippen molar-refractivity contribution in [3.8, 4) is 12.3 Å². The number of nitrogens with zero attached hydrogens (tertiary/aromatic N) is 1. The van der Waals surface area contributed by atoms with E-state index in [4.69, 9.17) is 6.42 Å². The van der Waals surface area contributed by atoms with Crippen molar-refractivity contribution in [2.45, 2.75) is 25.3 Å². The summed E-state index contributed by atoms with van der Waals surface area (Å²) in [4.78, 5) is 15.2. The second-order valence-corrected chi connectivity index (χ2v) is 7.07. The molecule has 3 nitrogen and oxygen atoms in total. The molecular weight excluding hydrogens is 296 g/mol. The van der Waals surface area contributed by atoms with Crippen LogP contribution in [0.4, 0.5) is 0 Å². The Hall–Kier alpha value is -2.31. The molecule has 0 aliphatic carbocycles. The topological polar surface area (TPSA) is 32.3 Å². The van der Waals surface area contributed by atoms with Crippen molar-refractivity contribution in [2.75, 3.05) is 19.6 Å². The van der Waals surface area contributed by atoms with Crippen LogP contribution in [0.15, 0.2) is 36.4 Å². The number of nitrogens with one attached hydrogen (secondary N) is 1. The standard InChI is InChI=1S/C21H22N2O/c1-2-15-3-4-17-5-6-18(13-19(17)11-15)21(24)22-20-12-16-7-9-23(14-20)10-8-16/h1,3-6,11,13,16,20H,7-10,12,14H2,(H,22,24)/t20-/m1/s1. The van der Waals surface area contributed by atoms with Crippen molar-refractivity contribution >= 4 is 16.7 Å². The second-order valence-electron chi connectivity index (χ2n) is 7.07. The lowest BCUT2D eigenvalue weighted by atomic mass is 9.94. The minimum absolute atomic E-state index is 0.0236. The van der Waals surface area contributed by atoms with E-state index in [1.54, 1.807) is 0 Å². The maximum Gasteiger partial charge on any atom is 0.251 e. The molecule has 3 heterocycles. The molecule has 0 saturated carbocycles. The van der Waals surface area contributed by atoms with Crippen LogP contribution in [0, 0.1) is 18.3 Å². The average molecular weight is 318 g/mol. The van der Waals surface area contributed by atoms with Gasteiger partial charge in [-0.25, -0.2) is 0 Å². The third-order valence-corrected chi connectivity index (χ3v) is 5.41. The Bertz CT molecular complexity index is 798. The van der Waals surface area contributed by atoms with Gasteiger partial charge in [-0.2, -0.15) is 0 Å². The van der Waals surface area contributed by atoms with Crippen LogP contribution >= 0.6 is 0 Å². The predicted octanol–water partition coefficient (Wildman–Crippen LogP) is 3.04. The number of carbonyl (C=O) groups is 1. The molecule has 3 heteroatoms. The maximum atomic E-state index is 12.7. The molecule has 2 aromatic carbocycles. The van der Waals surface area contributed by atoms with Gasteiger partial charge in [0, 0.05) is 23.7 Å². The largest absolute Gasteiger partial charge is 0.348 e. The number of hydrogen-bond acceptors (Lipinski definition) is 2. The summed E-state index contributed by atoms with van der Waals surface area (Å²) in [5, 5.41) is 5.37. The monoisotopic (exact) mass is 318 g/mol. The highest BCUT2D eigenvalue weighted by atomic mass is 16.1. The minimum Gasteiger partial charge on any atom is -0.348 e. The lowest BCUT2D eigenvalue weighted by molar-refractivity contribution is 0.0929. The third kappa shape index (κ3) is 3.02. The molecule has 24 heavy (non-hydrogen) atoms. The Morgan fingerprint density at radius 3 is 2.71 bits per heavy atom. The van der Waals surface area contributed by atoms with Crippen LogP contribution in [0.3, 0.4) is 0 Å². The Kier molecular flexibility index (Phi) is 4.00. The fourth-order valence-electron chi connectivity index (χ4n) is 4.04. The van der Waals surface area contributed by atoms with Gasteiger partial charge in [0.1, 0.15) is 0 Å². The molecule has 1 N–H and O–H groups in total. The molecule has 0 radical (unpaired) electrons. The van der Waals surface area contributed by atoms with E-state index >= 15 is 0 Å². The highest BCUT2D eigenvalue weighted by Crippen LogP contribution is 2.27. The number of carbonyl (C=O) groups excluding carboxylic acids is 1. The van der Waals surface area contributed by atoms with Crippen LogP contribution in [0.2, 0.25) is 0 Å². The SMILES string of the molecule is C#Cc1ccc2ccc(C(=O)N[C@@H]3CC4CCN(CC4)C3)cc2c1. The van der Waals surface area contributed by atoms with Crippen LogP contribution in [-0.2, 0) is 0 Å². The van der Waals surface area contributed by atoms with Gasteiger partial charge < -0.3 is 10.2 Å². The van der Waals surface area contributed by atoms with Gasteiger partial charge in [0.05, 0.1) is 0 Å². The minimum atomic E-state index is 0.0236. The highest BCUT2D eigenvalue weighted by molar-refractivity contribution is 5.99. The van der Waals surface area contributed by atoms with Gasteiger partial charge >= 0.3 is 0 Å². The number of amides is 1. The zero-order chi connectivity index (χ0) is 16.5. The number of terminal acetylenes is 1. The van der Waals surface area contributed by atoms with Crippen LogP contribution < -0.4 is 5.32 Å². The normalized spacial score (nSPS) is 25.9. The van der Waals surface area contributed by atoms with E-state index < -0.39 is 0 Å². The number of benzene rings is 2. The van der Waals surface area contributed by atoms with Gasteiger partial charge in [-0.3, -0.25) is 4.79 Å². The molecule has 5 rings (SSSR count). The van der Waals surface area contributed by atoms with Crippen molar-refractivity contribution in [2.24, 2.45) is 5.92 Å². The lowest BCUT2D eigenvalue weighted by Gasteiger charge is -2.26. The van der Waals surface area contributed by atoms with Gasteiger partial charge in [0.15, 0.2) is 0 Å². The van der Waals surface area contributed by atoms with E-state index in [2.05, 4.69) is 16.1 Å². The van der Waals surface area contributed by atoms with Gasteiger partial charge in [-0.05, 0) is 73.3 Å². The molecule has 3 aliphatic heterocycles. The summed E-state index contributed by atoms with van der Waals surface area (Å²) in [6.07, 6.45) is 9.13. The summed E-state index contributed by atoms with van der Waals surface area (Å²) >= 11 is 0. The molecule has 2 bridgehead atoms. The van der Waals surface area contributed by atoms with E-state index in [0.29, 0.717) is 5.56 Å². The summed E-state index contributed by atoms with van der Waals surface area (Å²) < 4.78 is 0. The molecule has 1 atom stereocenters. The van der Waals surface area contributed by atoms with Crippen LogP contribution in [0.1, 0.15) is 35.2 Å². The number of fused-ring (bicyclic) bond motifs is 5. The zero-order valence-corrected chi connectivity index (χ0v) is 13.8. The van der Waals surface area contributed by atoms with E-state index in [1.165, 1.54) is 25.9 Å². The lowest BCUT2D eigenvalue weighted by Crippen LogP contribution is -2.41. The molecule has 2 aromatic rings. The Balaban J connectivity index is 1.53. The molecule has 0 unspecified atom stereocenters. The molecule has 122 valence electrons. The van der Waals surface area contributed by atoms with E-state index in [1.807, 2.05) is 36.4 Å². The molecular formula is C21H22N2O. The fourth-order valence-corrected chi connectivity index (χ4v) is 4.04. The zero-order valence-electron chi connectivity index (χ0n) is 13.8. The summed E-state index contributed by atoms with van der Waals surface area (Å²) in [7, 11) is 0. The number of hydrogen-bond donors (Lipinski definition) is 1. The van der Waals surface area contributed by atoms with E-state index in [9.17, 15) is 4.79 Å². The number of piperidine rings is 1. The second kappa shape index (κ2) is 6.30. The Morgan fingerprint density at radius 1 is 1.12 bits per heavy atom. The van der Waals surface area contributed by atoms with Crippen molar-refractivity contribution in [3.05, 3.63) is 47.5 Å². The van der Waals surface area contributed by atoms with Gasteiger partial charge in [-0.15, -0.1) is 6.42 Å². The first-order valence-corrected chi connectivity index (χ1v) is 8.75. The quantitative estimate of drug-likeness (QED) is 0.863. The summed E-state index contributed by atoms with van der Waals surface area (Å²) in [6.45, 7) is 3.35.